The molecule has 0 spiro atoms. The molecule has 0 aromatic carbocycles. The fourth-order valence-corrected chi connectivity index (χ4v) is 2.95. The summed E-state index contributed by atoms with van der Waals surface area (Å²) in [6, 6.07) is 0.0238. The molecule has 1 atom stereocenters. The van der Waals surface area contributed by atoms with Gasteiger partial charge in [-0.05, 0) is 33.6 Å². The Bertz CT molecular complexity index is 715. The molecule has 25 heavy (non-hydrogen) atoms. The highest BCUT2D eigenvalue weighted by Crippen LogP contribution is 2.16. The Hall–Kier alpha value is -2.31. The molecule has 0 saturated heterocycles. The zero-order chi connectivity index (χ0) is 18.6. The normalized spacial score (nSPS) is 12.4. The zero-order valence-electron chi connectivity index (χ0n) is 16.1. The topological polar surface area (TPSA) is 76.8 Å². The van der Waals surface area contributed by atoms with Crippen molar-refractivity contribution in [2.75, 3.05) is 0 Å². The fourth-order valence-electron chi connectivity index (χ4n) is 2.95. The van der Waals surface area contributed by atoms with E-state index in [2.05, 4.69) is 48.5 Å². The van der Waals surface area contributed by atoms with E-state index in [0.29, 0.717) is 12.6 Å². The van der Waals surface area contributed by atoms with Crippen molar-refractivity contribution in [3.05, 3.63) is 34.9 Å². The van der Waals surface area contributed by atoms with Gasteiger partial charge in [0.25, 0.3) is 0 Å². The second kappa shape index (κ2) is 8.18. The first-order valence-corrected chi connectivity index (χ1v) is 8.99. The third-order valence-corrected chi connectivity index (χ3v) is 4.45. The molecular formula is C18H30N6O. The maximum atomic E-state index is 12.3. The molecule has 2 aromatic rings. The highest BCUT2D eigenvalue weighted by Gasteiger charge is 2.16. The molecule has 0 radical (unpaired) electrons. The van der Waals surface area contributed by atoms with E-state index >= 15 is 0 Å². The van der Waals surface area contributed by atoms with Gasteiger partial charge in [0, 0.05) is 42.7 Å². The van der Waals surface area contributed by atoms with Crippen molar-refractivity contribution < 1.29 is 4.79 Å². The summed E-state index contributed by atoms with van der Waals surface area (Å²) in [5.74, 6) is 0. The lowest BCUT2D eigenvalue weighted by Crippen LogP contribution is -2.36. The van der Waals surface area contributed by atoms with E-state index < -0.39 is 0 Å². The van der Waals surface area contributed by atoms with Gasteiger partial charge in [0.2, 0.25) is 0 Å². The lowest BCUT2D eigenvalue weighted by atomic mass is 10.1. The zero-order valence-corrected chi connectivity index (χ0v) is 16.1. The summed E-state index contributed by atoms with van der Waals surface area (Å²) >= 11 is 0. The average molecular weight is 346 g/mol. The van der Waals surface area contributed by atoms with Gasteiger partial charge in [-0.1, -0.05) is 13.8 Å². The maximum Gasteiger partial charge on any atom is 0.315 e. The van der Waals surface area contributed by atoms with E-state index in [4.69, 9.17) is 0 Å². The van der Waals surface area contributed by atoms with Gasteiger partial charge in [-0.3, -0.25) is 9.36 Å². The number of urea groups is 1. The number of aromatic nitrogens is 4. The lowest BCUT2D eigenvalue weighted by molar-refractivity contribution is 0.237. The van der Waals surface area contributed by atoms with Gasteiger partial charge in [-0.25, -0.2) is 4.79 Å². The summed E-state index contributed by atoms with van der Waals surface area (Å²) in [6.45, 7) is 10.8. The van der Waals surface area contributed by atoms with Gasteiger partial charge in [0.15, 0.2) is 0 Å². The number of nitrogens with one attached hydrogen (secondary N) is 2. The van der Waals surface area contributed by atoms with Crippen molar-refractivity contribution >= 4 is 6.03 Å². The average Bonchev–Trinajstić information content (AvgIpc) is 3.17. The Morgan fingerprint density at radius 1 is 1.24 bits per heavy atom. The maximum absolute atomic E-state index is 12.3. The molecule has 2 amide bonds. The molecule has 138 valence electrons. The molecule has 1 unspecified atom stereocenters. The standard InChI is InChI=1S/C18H30N6O/c1-7-16-15(17(8-2)23(6)22-16)10-19-18(25)21-13(5)14-9-20-24(11-14)12(3)4/h9,11-13H,7-8,10H2,1-6H3,(H2,19,21,25). The lowest BCUT2D eigenvalue weighted by Gasteiger charge is -2.14. The van der Waals surface area contributed by atoms with E-state index in [0.717, 1.165) is 29.7 Å². The van der Waals surface area contributed by atoms with Crippen LogP contribution in [0.5, 0.6) is 0 Å². The highest BCUT2D eigenvalue weighted by atomic mass is 16.2. The number of amides is 2. The predicted molar refractivity (Wildman–Crippen MR) is 98.4 cm³/mol. The number of carbonyl (C=O) groups excluding carboxylic acids is 1. The van der Waals surface area contributed by atoms with Crippen molar-refractivity contribution in [2.45, 2.75) is 66.1 Å². The summed E-state index contributed by atoms with van der Waals surface area (Å²) in [4.78, 5) is 12.3. The molecule has 0 saturated carbocycles. The summed E-state index contributed by atoms with van der Waals surface area (Å²) < 4.78 is 3.80. The van der Waals surface area contributed by atoms with Crippen LogP contribution in [0.4, 0.5) is 4.79 Å². The Balaban J connectivity index is 1.96. The van der Waals surface area contributed by atoms with Crippen LogP contribution in [0.1, 0.15) is 69.2 Å². The highest BCUT2D eigenvalue weighted by molar-refractivity contribution is 5.74. The second-order valence-electron chi connectivity index (χ2n) is 6.60. The van der Waals surface area contributed by atoms with Crippen LogP contribution < -0.4 is 10.6 Å². The number of hydrogen-bond acceptors (Lipinski definition) is 3. The summed E-state index contributed by atoms with van der Waals surface area (Å²) in [5.41, 5.74) is 4.34. The Kier molecular flexibility index (Phi) is 6.22. The Morgan fingerprint density at radius 3 is 2.52 bits per heavy atom. The van der Waals surface area contributed by atoms with Gasteiger partial charge in [-0.15, -0.1) is 0 Å². The molecule has 0 aliphatic carbocycles. The van der Waals surface area contributed by atoms with Crippen LogP contribution in [-0.4, -0.2) is 25.6 Å². The second-order valence-corrected chi connectivity index (χ2v) is 6.60. The quantitative estimate of drug-likeness (QED) is 0.809. The molecule has 0 fully saturated rings. The van der Waals surface area contributed by atoms with E-state index in [-0.39, 0.29) is 12.1 Å². The number of carbonyl (C=O) groups is 1. The van der Waals surface area contributed by atoms with Crippen molar-refractivity contribution in [2.24, 2.45) is 7.05 Å². The first kappa shape index (κ1) is 19.0. The third kappa shape index (κ3) is 4.41. The first-order valence-electron chi connectivity index (χ1n) is 8.99. The smallest absolute Gasteiger partial charge is 0.315 e. The van der Waals surface area contributed by atoms with Gasteiger partial charge < -0.3 is 10.6 Å². The minimum atomic E-state index is -0.183. The molecule has 0 bridgehead atoms. The molecular weight excluding hydrogens is 316 g/mol. The molecule has 7 heteroatoms. The molecule has 7 nitrogen and oxygen atoms in total. The molecule has 0 aliphatic rings. The minimum absolute atomic E-state index is 0.0994. The van der Waals surface area contributed by atoms with E-state index in [1.165, 1.54) is 5.69 Å². The largest absolute Gasteiger partial charge is 0.334 e. The van der Waals surface area contributed by atoms with Crippen LogP contribution in [0, 0.1) is 0 Å². The number of hydrogen-bond donors (Lipinski definition) is 2. The Labute approximate surface area is 149 Å². The molecule has 2 heterocycles. The van der Waals surface area contributed by atoms with Crippen LogP contribution >= 0.6 is 0 Å². The van der Waals surface area contributed by atoms with Crippen molar-refractivity contribution in [1.29, 1.82) is 0 Å². The molecule has 0 aliphatic heterocycles. The van der Waals surface area contributed by atoms with Crippen molar-refractivity contribution in [3.8, 4) is 0 Å². The van der Waals surface area contributed by atoms with E-state index in [1.54, 1.807) is 6.20 Å². The van der Waals surface area contributed by atoms with E-state index in [9.17, 15) is 4.79 Å². The number of rotatable bonds is 7. The van der Waals surface area contributed by atoms with Crippen molar-refractivity contribution in [1.82, 2.24) is 30.2 Å². The summed E-state index contributed by atoms with van der Waals surface area (Å²) in [5, 5.41) is 14.8. The van der Waals surface area contributed by atoms with Crippen LogP contribution in [0.25, 0.3) is 0 Å². The third-order valence-electron chi connectivity index (χ3n) is 4.45. The summed E-state index contributed by atoms with van der Waals surface area (Å²) in [6.07, 6.45) is 5.53. The van der Waals surface area contributed by atoms with Crippen LogP contribution in [0.3, 0.4) is 0 Å². The van der Waals surface area contributed by atoms with E-state index in [1.807, 2.05) is 29.5 Å². The fraction of sp³-hybridized carbons (Fsp3) is 0.611. The van der Waals surface area contributed by atoms with Gasteiger partial charge in [-0.2, -0.15) is 10.2 Å². The Morgan fingerprint density at radius 2 is 1.96 bits per heavy atom. The van der Waals surface area contributed by atoms with Crippen molar-refractivity contribution in [3.63, 3.8) is 0 Å². The summed E-state index contributed by atoms with van der Waals surface area (Å²) in [7, 11) is 1.95. The van der Waals surface area contributed by atoms with Gasteiger partial charge in [0.1, 0.15) is 0 Å². The molecule has 2 N–H and O–H groups in total. The first-order chi connectivity index (χ1) is 11.9. The van der Waals surface area contributed by atoms with Gasteiger partial charge >= 0.3 is 6.03 Å². The molecule has 2 aromatic heterocycles. The molecule has 2 rings (SSSR count). The monoisotopic (exact) mass is 346 g/mol. The van der Waals surface area contributed by atoms with Crippen LogP contribution in [-0.2, 0) is 26.4 Å². The predicted octanol–water partition coefficient (Wildman–Crippen LogP) is 2.88. The minimum Gasteiger partial charge on any atom is -0.334 e. The van der Waals surface area contributed by atoms with Crippen LogP contribution in [0.2, 0.25) is 0 Å². The number of nitrogens with zero attached hydrogens (tertiary/aromatic N) is 4. The van der Waals surface area contributed by atoms with Gasteiger partial charge in [0.05, 0.1) is 17.9 Å². The number of aryl methyl sites for hydroxylation is 2. The SMILES string of the molecule is CCc1nn(C)c(CC)c1CNC(=O)NC(C)c1cnn(C(C)C)c1. The van der Waals surface area contributed by atoms with Crippen LogP contribution in [0.15, 0.2) is 12.4 Å².